The molecule has 1 aliphatic heterocycles. The number of ether oxygens (including phenoxy) is 1. The average molecular weight is 429 g/mol. The van der Waals surface area contributed by atoms with Crippen molar-refractivity contribution in [3.8, 4) is 0 Å². The molecule has 1 aliphatic rings. The molecule has 1 saturated heterocycles. The van der Waals surface area contributed by atoms with Crippen molar-refractivity contribution < 1.29 is 22.7 Å². The second-order valence-corrected chi connectivity index (χ2v) is 9.79. The minimum Gasteiger partial charge on any atom is -0.451 e. The molecule has 10 heteroatoms. The van der Waals surface area contributed by atoms with E-state index < -0.39 is 34.4 Å². The SMILES string of the molecule is O=C(OCC(=O)N(Cc1cccs1)[C@H]1CCS(=O)(=O)C1)c1cc(Cl)ccn1. The van der Waals surface area contributed by atoms with Crippen LogP contribution in [0.15, 0.2) is 35.8 Å². The Labute approximate surface area is 165 Å². The van der Waals surface area contributed by atoms with E-state index in [1.165, 1.54) is 34.6 Å². The maximum absolute atomic E-state index is 12.7. The Morgan fingerprint density at radius 2 is 2.19 bits per heavy atom. The molecular weight excluding hydrogens is 412 g/mol. The highest BCUT2D eigenvalue weighted by Gasteiger charge is 2.35. The van der Waals surface area contributed by atoms with Gasteiger partial charge in [0.15, 0.2) is 16.4 Å². The fraction of sp³-hybridized carbons (Fsp3) is 0.353. The summed E-state index contributed by atoms with van der Waals surface area (Å²) in [6, 6.07) is 6.18. The summed E-state index contributed by atoms with van der Waals surface area (Å²) >= 11 is 7.29. The van der Waals surface area contributed by atoms with E-state index >= 15 is 0 Å². The number of carbonyl (C=O) groups excluding carboxylic acids is 2. The van der Waals surface area contributed by atoms with Crippen molar-refractivity contribution in [1.29, 1.82) is 0 Å². The van der Waals surface area contributed by atoms with E-state index in [-0.39, 0.29) is 23.7 Å². The fourth-order valence-corrected chi connectivity index (χ4v) is 5.41. The van der Waals surface area contributed by atoms with Gasteiger partial charge in [-0.25, -0.2) is 18.2 Å². The molecule has 2 aromatic heterocycles. The van der Waals surface area contributed by atoms with Gasteiger partial charge in [-0.2, -0.15) is 0 Å². The highest BCUT2D eigenvalue weighted by atomic mass is 35.5. The lowest BCUT2D eigenvalue weighted by atomic mass is 10.2. The van der Waals surface area contributed by atoms with Crippen LogP contribution in [0, 0.1) is 0 Å². The summed E-state index contributed by atoms with van der Waals surface area (Å²) in [7, 11) is -3.15. The summed E-state index contributed by atoms with van der Waals surface area (Å²) in [4.78, 5) is 31.0. The number of hydrogen-bond acceptors (Lipinski definition) is 7. The second-order valence-electron chi connectivity index (χ2n) is 6.09. The van der Waals surface area contributed by atoms with Crippen LogP contribution >= 0.6 is 22.9 Å². The van der Waals surface area contributed by atoms with Crippen LogP contribution in [0.4, 0.5) is 0 Å². The number of sulfone groups is 1. The maximum atomic E-state index is 12.7. The molecular formula is C17H17ClN2O5S2. The summed E-state index contributed by atoms with van der Waals surface area (Å²) in [5.74, 6) is -1.23. The predicted molar refractivity (Wildman–Crippen MR) is 101 cm³/mol. The van der Waals surface area contributed by atoms with Gasteiger partial charge in [-0.1, -0.05) is 17.7 Å². The van der Waals surface area contributed by atoms with Crippen molar-refractivity contribution in [1.82, 2.24) is 9.88 Å². The molecule has 3 heterocycles. The molecule has 0 aliphatic carbocycles. The third-order valence-corrected chi connectivity index (χ3v) is 6.98. The Balaban J connectivity index is 1.68. The molecule has 0 spiro atoms. The van der Waals surface area contributed by atoms with Crippen LogP contribution in [-0.4, -0.2) is 54.3 Å². The molecule has 0 bridgehead atoms. The van der Waals surface area contributed by atoms with Crippen molar-refractivity contribution in [2.24, 2.45) is 0 Å². The number of pyridine rings is 1. The van der Waals surface area contributed by atoms with Crippen LogP contribution < -0.4 is 0 Å². The van der Waals surface area contributed by atoms with Gasteiger partial charge in [-0.15, -0.1) is 11.3 Å². The summed E-state index contributed by atoms with van der Waals surface area (Å²) in [6.45, 7) is -0.210. The van der Waals surface area contributed by atoms with Gasteiger partial charge in [0.1, 0.15) is 5.69 Å². The van der Waals surface area contributed by atoms with E-state index in [0.29, 0.717) is 11.4 Å². The number of amides is 1. The van der Waals surface area contributed by atoms with Crippen molar-refractivity contribution >= 4 is 44.7 Å². The number of esters is 1. The van der Waals surface area contributed by atoms with Crippen LogP contribution in [0.1, 0.15) is 21.8 Å². The quantitative estimate of drug-likeness (QED) is 0.654. The molecule has 0 unspecified atom stereocenters. The largest absolute Gasteiger partial charge is 0.451 e. The fourth-order valence-electron chi connectivity index (χ4n) is 2.81. The first kappa shape index (κ1) is 19.8. The topological polar surface area (TPSA) is 93.6 Å². The molecule has 0 aromatic carbocycles. The first-order valence-corrected chi connectivity index (χ1v) is 11.2. The van der Waals surface area contributed by atoms with E-state index in [4.69, 9.17) is 16.3 Å². The minimum absolute atomic E-state index is 0.00329. The Hall–Kier alpha value is -1.97. The van der Waals surface area contributed by atoms with Gasteiger partial charge >= 0.3 is 5.97 Å². The molecule has 1 amide bonds. The lowest BCUT2D eigenvalue weighted by Gasteiger charge is -2.27. The lowest BCUT2D eigenvalue weighted by Crippen LogP contribution is -2.42. The van der Waals surface area contributed by atoms with Gasteiger partial charge in [-0.3, -0.25) is 4.79 Å². The molecule has 1 atom stereocenters. The number of carbonyl (C=O) groups is 2. The Kier molecular flexibility index (Phi) is 6.13. The number of halogens is 1. The van der Waals surface area contributed by atoms with Crippen LogP contribution in [0.25, 0.3) is 0 Å². The monoisotopic (exact) mass is 428 g/mol. The first-order chi connectivity index (χ1) is 12.8. The van der Waals surface area contributed by atoms with E-state index in [0.717, 1.165) is 4.88 Å². The van der Waals surface area contributed by atoms with Gasteiger partial charge < -0.3 is 9.64 Å². The summed E-state index contributed by atoms with van der Waals surface area (Å²) in [6.07, 6.45) is 1.75. The molecule has 27 heavy (non-hydrogen) atoms. The summed E-state index contributed by atoms with van der Waals surface area (Å²) < 4.78 is 28.7. The molecule has 3 rings (SSSR count). The summed E-state index contributed by atoms with van der Waals surface area (Å²) in [5.41, 5.74) is 0.00329. The van der Waals surface area contributed by atoms with Crippen molar-refractivity contribution in [3.63, 3.8) is 0 Å². The third kappa shape index (κ3) is 5.27. The maximum Gasteiger partial charge on any atom is 0.357 e. The zero-order valence-electron chi connectivity index (χ0n) is 14.2. The van der Waals surface area contributed by atoms with Gasteiger partial charge in [0.25, 0.3) is 5.91 Å². The normalized spacial score (nSPS) is 18.2. The smallest absolute Gasteiger partial charge is 0.357 e. The van der Waals surface area contributed by atoms with Gasteiger partial charge in [0.05, 0.1) is 18.1 Å². The Bertz CT molecular complexity index is 931. The minimum atomic E-state index is -3.15. The highest BCUT2D eigenvalue weighted by Crippen LogP contribution is 2.22. The molecule has 1 fully saturated rings. The second kappa shape index (κ2) is 8.37. The highest BCUT2D eigenvalue weighted by molar-refractivity contribution is 7.91. The van der Waals surface area contributed by atoms with Gasteiger partial charge in [0.2, 0.25) is 0 Å². The van der Waals surface area contributed by atoms with E-state index in [1.807, 2.05) is 17.5 Å². The molecule has 2 aromatic rings. The van der Waals surface area contributed by atoms with Crippen molar-refractivity contribution in [2.75, 3.05) is 18.1 Å². The van der Waals surface area contributed by atoms with Gasteiger partial charge in [-0.05, 0) is 30.0 Å². The number of rotatable bonds is 6. The molecule has 0 radical (unpaired) electrons. The predicted octanol–water partition coefficient (Wildman–Crippen LogP) is 2.17. The van der Waals surface area contributed by atoms with Gasteiger partial charge in [0, 0.05) is 22.1 Å². The van der Waals surface area contributed by atoms with Crippen molar-refractivity contribution in [3.05, 3.63) is 51.4 Å². The lowest BCUT2D eigenvalue weighted by molar-refractivity contribution is -0.137. The van der Waals surface area contributed by atoms with Crippen LogP contribution in [0.3, 0.4) is 0 Å². The third-order valence-electron chi connectivity index (χ3n) is 4.13. The molecule has 0 saturated carbocycles. The van der Waals surface area contributed by atoms with Crippen LogP contribution in [0.2, 0.25) is 5.02 Å². The molecule has 0 N–H and O–H groups in total. The first-order valence-electron chi connectivity index (χ1n) is 8.15. The standard InChI is InChI=1S/C17H17ClN2O5S2/c18-12-3-5-19-15(8-12)17(22)25-10-16(21)20(9-14-2-1-6-26-14)13-4-7-27(23,24)11-13/h1-3,5-6,8,13H,4,7,9-11H2/t13-/m0/s1. The Morgan fingerprint density at radius 1 is 1.37 bits per heavy atom. The average Bonchev–Trinajstić information content (AvgIpc) is 3.26. The Morgan fingerprint density at radius 3 is 2.81 bits per heavy atom. The van der Waals surface area contributed by atoms with E-state index in [9.17, 15) is 18.0 Å². The summed E-state index contributed by atoms with van der Waals surface area (Å²) in [5, 5.41) is 2.22. The number of aromatic nitrogens is 1. The molecule has 7 nitrogen and oxygen atoms in total. The number of thiophene rings is 1. The van der Waals surface area contributed by atoms with Crippen molar-refractivity contribution in [2.45, 2.75) is 19.0 Å². The number of hydrogen-bond donors (Lipinski definition) is 0. The van der Waals surface area contributed by atoms with Crippen LogP contribution in [0.5, 0.6) is 0 Å². The zero-order chi connectivity index (χ0) is 19.4. The van der Waals surface area contributed by atoms with E-state index in [2.05, 4.69) is 4.98 Å². The van der Waals surface area contributed by atoms with Crippen LogP contribution in [-0.2, 0) is 25.9 Å². The van der Waals surface area contributed by atoms with E-state index in [1.54, 1.807) is 0 Å². The molecule has 144 valence electrons. The number of nitrogens with zero attached hydrogens (tertiary/aromatic N) is 2. The zero-order valence-corrected chi connectivity index (χ0v) is 16.6.